The summed E-state index contributed by atoms with van der Waals surface area (Å²) >= 11 is 0. The molecule has 0 atom stereocenters. The summed E-state index contributed by atoms with van der Waals surface area (Å²) in [4.78, 5) is 25.7. The topological polar surface area (TPSA) is 79.4 Å². The van der Waals surface area contributed by atoms with Crippen LogP contribution in [0.2, 0.25) is 0 Å². The number of ether oxygens (including phenoxy) is 1. The first-order valence-electron chi connectivity index (χ1n) is 6.37. The van der Waals surface area contributed by atoms with Gasteiger partial charge in [-0.25, -0.2) is 9.18 Å². The quantitative estimate of drug-likeness (QED) is 0.778. The van der Waals surface area contributed by atoms with E-state index in [9.17, 15) is 14.0 Å². The lowest BCUT2D eigenvalue weighted by molar-refractivity contribution is 0.0695. The standard InChI is InChI=1S/C16H10FNO4/c17-9-1-3-10(4-2-9)22-11-5-6-12-14(7-11)18-8-13(15(12)19)16(20)21/h1-8H,(H,18,19)(H,20,21). The number of benzene rings is 2. The number of halogens is 1. The van der Waals surface area contributed by atoms with E-state index in [4.69, 9.17) is 9.84 Å². The van der Waals surface area contributed by atoms with Gasteiger partial charge in [0, 0.05) is 17.6 Å². The van der Waals surface area contributed by atoms with Crippen LogP contribution in [0.1, 0.15) is 10.4 Å². The first-order valence-corrected chi connectivity index (χ1v) is 6.37. The molecule has 3 rings (SSSR count). The fourth-order valence-electron chi connectivity index (χ4n) is 2.06. The highest BCUT2D eigenvalue weighted by Gasteiger charge is 2.11. The van der Waals surface area contributed by atoms with Crippen LogP contribution < -0.4 is 10.2 Å². The lowest BCUT2D eigenvalue weighted by Crippen LogP contribution is -2.15. The molecule has 0 amide bonds. The van der Waals surface area contributed by atoms with Gasteiger partial charge in [0.1, 0.15) is 22.9 Å². The summed E-state index contributed by atoms with van der Waals surface area (Å²) in [5.74, 6) is -0.755. The number of carboxylic acids is 1. The normalized spacial score (nSPS) is 10.6. The largest absolute Gasteiger partial charge is 0.477 e. The predicted octanol–water partition coefficient (Wildman–Crippen LogP) is 3.16. The number of aromatic carboxylic acids is 1. The van der Waals surface area contributed by atoms with Crippen LogP contribution in [0, 0.1) is 5.82 Å². The van der Waals surface area contributed by atoms with Crippen molar-refractivity contribution in [2.24, 2.45) is 0 Å². The van der Waals surface area contributed by atoms with Gasteiger partial charge in [-0.1, -0.05) is 0 Å². The number of hydrogen-bond acceptors (Lipinski definition) is 3. The molecular formula is C16H10FNO4. The maximum absolute atomic E-state index is 12.8. The monoisotopic (exact) mass is 299 g/mol. The first-order chi connectivity index (χ1) is 10.5. The SMILES string of the molecule is O=C(O)c1c[nH]c2cc(Oc3ccc(F)cc3)ccc2c1=O. The van der Waals surface area contributed by atoms with Gasteiger partial charge in [-0.3, -0.25) is 4.79 Å². The summed E-state index contributed by atoms with van der Waals surface area (Å²) in [6.45, 7) is 0. The van der Waals surface area contributed by atoms with Crippen molar-refractivity contribution < 1.29 is 19.0 Å². The zero-order valence-corrected chi connectivity index (χ0v) is 11.2. The second-order valence-corrected chi connectivity index (χ2v) is 4.60. The molecule has 1 heterocycles. The highest BCUT2D eigenvalue weighted by atomic mass is 19.1. The number of H-pyrrole nitrogens is 1. The molecule has 0 aliphatic heterocycles. The Hall–Kier alpha value is -3.15. The molecule has 0 saturated carbocycles. The predicted molar refractivity (Wildman–Crippen MR) is 78.0 cm³/mol. The van der Waals surface area contributed by atoms with Crippen LogP contribution in [0.5, 0.6) is 11.5 Å². The van der Waals surface area contributed by atoms with Gasteiger partial charge in [0.15, 0.2) is 0 Å². The molecule has 0 radical (unpaired) electrons. The number of carbonyl (C=O) groups is 1. The molecule has 0 aliphatic carbocycles. The van der Waals surface area contributed by atoms with E-state index in [2.05, 4.69) is 4.98 Å². The molecule has 0 fully saturated rings. The molecule has 2 N–H and O–H groups in total. The number of rotatable bonds is 3. The van der Waals surface area contributed by atoms with Crippen LogP contribution in [0.3, 0.4) is 0 Å². The second-order valence-electron chi connectivity index (χ2n) is 4.60. The average Bonchev–Trinajstić information content (AvgIpc) is 2.49. The van der Waals surface area contributed by atoms with Crippen LogP contribution in [-0.2, 0) is 0 Å². The Kier molecular flexibility index (Phi) is 3.34. The highest BCUT2D eigenvalue weighted by molar-refractivity contribution is 5.92. The lowest BCUT2D eigenvalue weighted by atomic mass is 10.1. The molecule has 3 aromatic rings. The maximum atomic E-state index is 12.8. The van der Waals surface area contributed by atoms with Crippen LogP contribution in [0.25, 0.3) is 10.9 Å². The molecule has 22 heavy (non-hydrogen) atoms. The number of pyridine rings is 1. The minimum absolute atomic E-state index is 0.256. The Morgan fingerprint density at radius 3 is 2.45 bits per heavy atom. The van der Waals surface area contributed by atoms with E-state index in [1.807, 2.05) is 0 Å². The van der Waals surface area contributed by atoms with Gasteiger partial charge in [0.2, 0.25) is 5.43 Å². The lowest BCUT2D eigenvalue weighted by Gasteiger charge is -2.07. The van der Waals surface area contributed by atoms with E-state index in [1.54, 1.807) is 12.1 Å². The Morgan fingerprint density at radius 2 is 1.77 bits per heavy atom. The Balaban J connectivity index is 2.00. The fraction of sp³-hybridized carbons (Fsp3) is 0. The van der Waals surface area contributed by atoms with E-state index in [1.165, 1.54) is 30.3 Å². The number of hydrogen-bond donors (Lipinski definition) is 2. The first kappa shape index (κ1) is 13.8. The Bertz CT molecular complexity index is 916. The average molecular weight is 299 g/mol. The molecule has 0 unspecified atom stereocenters. The molecule has 1 aromatic heterocycles. The molecule has 6 heteroatoms. The smallest absolute Gasteiger partial charge is 0.341 e. The van der Waals surface area contributed by atoms with Gasteiger partial charge in [0.25, 0.3) is 0 Å². The van der Waals surface area contributed by atoms with E-state index in [0.717, 1.165) is 6.20 Å². The minimum Gasteiger partial charge on any atom is -0.477 e. The van der Waals surface area contributed by atoms with Crippen molar-refractivity contribution in [3.63, 3.8) is 0 Å². The summed E-state index contributed by atoms with van der Waals surface area (Å²) in [5.41, 5.74) is -0.427. The van der Waals surface area contributed by atoms with Crippen LogP contribution in [-0.4, -0.2) is 16.1 Å². The van der Waals surface area contributed by atoms with Crippen molar-refractivity contribution in [3.8, 4) is 11.5 Å². The van der Waals surface area contributed by atoms with Gasteiger partial charge >= 0.3 is 5.97 Å². The van der Waals surface area contributed by atoms with Crippen molar-refractivity contribution in [3.05, 3.63) is 70.3 Å². The number of aromatic nitrogens is 1. The van der Waals surface area contributed by atoms with Crippen molar-refractivity contribution in [1.82, 2.24) is 4.98 Å². The highest BCUT2D eigenvalue weighted by Crippen LogP contribution is 2.24. The van der Waals surface area contributed by atoms with E-state index in [0.29, 0.717) is 17.0 Å². The van der Waals surface area contributed by atoms with Crippen molar-refractivity contribution in [1.29, 1.82) is 0 Å². The molecule has 0 saturated heterocycles. The van der Waals surface area contributed by atoms with Crippen molar-refractivity contribution in [2.75, 3.05) is 0 Å². The zero-order valence-electron chi connectivity index (χ0n) is 11.2. The van der Waals surface area contributed by atoms with Gasteiger partial charge in [-0.05, 0) is 36.4 Å². The third-order valence-corrected chi connectivity index (χ3v) is 3.13. The van der Waals surface area contributed by atoms with E-state index >= 15 is 0 Å². The van der Waals surface area contributed by atoms with Gasteiger partial charge < -0.3 is 14.8 Å². The minimum atomic E-state index is -1.28. The second kappa shape index (κ2) is 5.33. The molecule has 110 valence electrons. The number of aromatic amines is 1. The van der Waals surface area contributed by atoms with Crippen molar-refractivity contribution in [2.45, 2.75) is 0 Å². The third-order valence-electron chi connectivity index (χ3n) is 3.13. The maximum Gasteiger partial charge on any atom is 0.341 e. The van der Waals surface area contributed by atoms with Crippen LogP contribution in [0.15, 0.2) is 53.5 Å². The molecule has 0 spiro atoms. The third kappa shape index (κ3) is 2.54. The zero-order chi connectivity index (χ0) is 15.7. The molecule has 5 nitrogen and oxygen atoms in total. The summed E-state index contributed by atoms with van der Waals surface area (Å²) in [6.07, 6.45) is 1.15. The van der Waals surface area contributed by atoms with Crippen LogP contribution >= 0.6 is 0 Å². The number of carboxylic acid groups (broad SMARTS) is 1. The Morgan fingerprint density at radius 1 is 1.09 bits per heavy atom. The summed E-state index contributed by atoms with van der Waals surface area (Å²) in [6, 6.07) is 10.1. The molecule has 0 aliphatic rings. The summed E-state index contributed by atoms with van der Waals surface area (Å²) < 4.78 is 18.4. The Labute approximate surface area is 123 Å². The van der Waals surface area contributed by atoms with Gasteiger partial charge in [-0.2, -0.15) is 0 Å². The van der Waals surface area contributed by atoms with E-state index < -0.39 is 11.4 Å². The van der Waals surface area contributed by atoms with Gasteiger partial charge in [0.05, 0.1) is 5.52 Å². The molecule has 0 bridgehead atoms. The van der Waals surface area contributed by atoms with Crippen molar-refractivity contribution >= 4 is 16.9 Å². The van der Waals surface area contributed by atoms with Crippen LogP contribution in [0.4, 0.5) is 4.39 Å². The fourth-order valence-corrected chi connectivity index (χ4v) is 2.06. The summed E-state index contributed by atoms with van der Waals surface area (Å²) in [5, 5.41) is 9.18. The number of fused-ring (bicyclic) bond motifs is 1. The number of nitrogens with one attached hydrogen (secondary N) is 1. The molecular weight excluding hydrogens is 289 g/mol. The molecule has 2 aromatic carbocycles. The van der Waals surface area contributed by atoms with Gasteiger partial charge in [-0.15, -0.1) is 0 Å². The summed E-state index contributed by atoms with van der Waals surface area (Å²) in [7, 11) is 0. The van der Waals surface area contributed by atoms with E-state index in [-0.39, 0.29) is 16.8 Å².